The van der Waals surface area contributed by atoms with Gasteiger partial charge >= 0.3 is 0 Å². The lowest BCUT2D eigenvalue weighted by Gasteiger charge is -2.18. The Labute approximate surface area is 157 Å². The normalized spacial score (nSPS) is 22.4. The highest BCUT2D eigenvalue weighted by molar-refractivity contribution is 9.54. The van der Waals surface area contributed by atoms with Crippen LogP contribution in [0.4, 0.5) is 0 Å². The maximum Gasteiger partial charge on any atom is 0.127 e. The van der Waals surface area contributed by atoms with E-state index in [1.54, 1.807) is 64.4 Å². The van der Waals surface area contributed by atoms with Gasteiger partial charge in [0.05, 0.1) is 0 Å². The average molecular weight is 511 g/mol. The van der Waals surface area contributed by atoms with Crippen molar-refractivity contribution in [2.24, 2.45) is 0 Å². The average Bonchev–Trinajstić information content (AvgIpc) is 2.25. The molecule has 0 rings (SSSR count). The van der Waals surface area contributed by atoms with Crippen molar-refractivity contribution in [1.82, 2.24) is 0 Å². The van der Waals surface area contributed by atoms with Gasteiger partial charge in [-0.2, -0.15) is 0 Å². The van der Waals surface area contributed by atoms with Gasteiger partial charge in [-0.25, -0.2) is 0 Å². The van der Waals surface area contributed by atoms with E-state index in [-0.39, 0.29) is 0 Å². The van der Waals surface area contributed by atoms with Gasteiger partial charge in [0.1, 0.15) is 10.9 Å². The quantitative estimate of drug-likeness (QED) is 0.168. The van der Waals surface area contributed by atoms with Crippen molar-refractivity contribution < 1.29 is 0 Å². The van der Waals surface area contributed by atoms with Crippen LogP contribution in [0.15, 0.2) is 0 Å². The zero-order valence-corrected chi connectivity index (χ0v) is 21.1. The van der Waals surface area contributed by atoms with Crippen LogP contribution in [-0.2, 0) is 35.4 Å². The number of rotatable bonds is 8. The fraction of sp³-hybridized carbons (Fsp3) is 1.00. The van der Waals surface area contributed by atoms with Crippen molar-refractivity contribution in [3.8, 4) is 0 Å². The third-order valence-electron chi connectivity index (χ3n) is 0.905. The zero-order valence-electron chi connectivity index (χ0n) is 8.36. The van der Waals surface area contributed by atoms with Crippen molar-refractivity contribution in [2.45, 2.75) is 0 Å². The lowest BCUT2D eigenvalue weighted by atomic mass is 12.0. The first-order valence-corrected chi connectivity index (χ1v) is 25.6. The van der Waals surface area contributed by atoms with Gasteiger partial charge in [-0.3, -0.25) is 0 Å². The van der Waals surface area contributed by atoms with Crippen LogP contribution in [0.3, 0.4) is 0 Å². The molecule has 0 aromatic heterocycles. The summed E-state index contributed by atoms with van der Waals surface area (Å²) >= 11 is 32.9. The molecule has 104 valence electrons. The van der Waals surface area contributed by atoms with Crippen LogP contribution in [0.1, 0.15) is 0 Å². The third kappa shape index (κ3) is 12.2. The molecule has 2 unspecified atom stereocenters. The van der Waals surface area contributed by atoms with Gasteiger partial charge in [0.25, 0.3) is 0 Å². The fourth-order valence-electron chi connectivity index (χ4n) is 0.242. The Balaban J connectivity index is 4.28. The summed E-state index contributed by atoms with van der Waals surface area (Å²) < 4.78 is -5.16. The first kappa shape index (κ1) is 22.1. The highest BCUT2D eigenvalue weighted by Crippen LogP contribution is 2.92. The van der Waals surface area contributed by atoms with E-state index in [1.807, 2.05) is 12.5 Å². The SMILES string of the molecule is CSP(=S)(S)SSP(=S)(S)SSP(=S)(S)SC. The molecule has 0 saturated carbocycles. The van der Waals surface area contributed by atoms with Crippen LogP contribution < -0.4 is 0 Å². The van der Waals surface area contributed by atoms with E-state index < -0.39 is 10.9 Å². The predicted molar refractivity (Wildman–Crippen MR) is 127 cm³/mol. The van der Waals surface area contributed by atoms with Crippen molar-refractivity contribution in [3.63, 3.8) is 0 Å². The molecule has 0 aromatic rings. The maximum absolute atomic E-state index is 5.49. The Hall–Kier alpha value is 5.10. The van der Waals surface area contributed by atoms with Gasteiger partial charge in [0.15, 0.2) is 0 Å². The maximum atomic E-state index is 5.49. The number of hydrogen-bond donors (Lipinski definition) is 3. The number of thiol groups is 3. The summed E-state index contributed by atoms with van der Waals surface area (Å²) in [6.07, 6.45) is 3.96. The van der Waals surface area contributed by atoms with Gasteiger partial charge in [-0.05, 0) is 54.2 Å². The predicted octanol–water partition coefficient (Wildman–Crippen LogP) is 7.94. The molecular formula is C2H9P3S12. The summed E-state index contributed by atoms with van der Waals surface area (Å²) in [6.45, 7) is 0. The van der Waals surface area contributed by atoms with E-state index in [1.165, 1.54) is 0 Å². The molecule has 0 heterocycles. The van der Waals surface area contributed by atoms with Crippen molar-refractivity contribution in [3.05, 3.63) is 0 Å². The Morgan fingerprint density at radius 3 is 1.12 bits per heavy atom. The molecule has 0 bridgehead atoms. The van der Waals surface area contributed by atoms with Crippen LogP contribution in [0.2, 0.25) is 0 Å². The minimum atomic E-state index is -1.83. The third-order valence-corrected chi connectivity index (χ3v) is 48.4. The molecule has 2 atom stereocenters. The lowest BCUT2D eigenvalue weighted by Crippen LogP contribution is -1.53. The largest absolute Gasteiger partial charge is 0.127 e. The second-order valence-electron chi connectivity index (χ2n) is 2.07. The first-order valence-electron chi connectivity index (χ1n) is 3.39. The topological polar surface area (TPSA) is 0 Å². The summed E-state index contributed by atoms with van der Waals surface area (Å²) in [5, 5.41) is 0. The van der Waals surface area contributed by atoms with Crippen molar-refractivity contribution in [2.75, 3.05) is 12.5 Å². The van der Waals surface area contributed by atoms with Crippen LogP contribution in [0, 0.1) is 0 Å². The van der Waals surface area contributed by atoms with Crippen LogP contribution in [0.25, 0.3) is 0 Å². The smallest absolute Gasteiger partial charge is 0.121 e. The molecule has 15 heteroatoms. The zero-order chi connectivity index (χ0) is 13.7. The summed E-state index contributed by atoms with van der Waals surface area (Å²) in [5.41, 5.74) is 0. The van der Waals surface area contributed by atoms with Crippen molar-refractivity contribution in [1.29, 1.82) is 0 Å². The molecule has 0 fully saturated rings. The molecule has 0 amide bonds. The molecule has 0 radical (unpaired) electrons. The lowest BCUT2D eigenvalue weighted by molar-refractivity contribution is 2.54. The van der Waals surface area contributed by atoms with E-state index in [2.05, 4.69) is 36.7 Å². The van der Waals surface area contributed by atoms with Gasteiger partial charge in [0, 0.05) is 0 Å². The summed E-state index contributed by atoms with van der Waals surface area (Å²) in [7, 11) is 6.36. The van der Waals surface area contributed by atoms with E-state index in [0.717, 1.165) is 0 Å². The second-order valence-corrected chi connectivity index (χ2v) is 49.3. The van der Waals surface area contributed by atoms with Crippen LogP contribution >= 0.6 is 112 Å². The van der Waals surface area contributed by atoms with Gasteiger partial charge in [-0.15, -0.1) is 59.5 Å². The van der Waals surface area contributed by atoms with Crippen LogP contribution in [0.5, 0.6) is 0 Å². The molecule has 0 nitrogen and oxygen atoms in total. The molecule has 0 N–H and O–H groups in total. The fourth-order valence-corrected chi connectivity index (χ4v) is 48.9. The van der Waals surface area contributed by atoms with E-state index in [9.17, 15) is 0 Å². The molecule has 0 saturated heterocycles. The molecule has 0 spiro atoms. The first-order chi connectivity index (χ1) is 7.54. The van der Waals surface area contributed by atoms with E-state index in [4.69, 9.17) is 35.4 Å². The van der Waals surface area contributed by atoms with Gasteiger partial charge < -0.3 is 0 Å². The molecule has 0 aliphatic rings. The number of hydrogen-bond acceptors (Lipinski definition) is 9. The van der Waals surface area contributed by atoms with E-state index in [0.29, 0.717) is 0 Å². The van der Waals surface area contributed by atoms with Gasteiger partial charge in [0.2, 0.25) is 0 Å². The standard InChI is InChI=1S/C2H9P3S12/c1-12-3(6,7)14-16-5(10,11)17-15-4(8,9)13-2/h1-2H3,(H,6,7)(H,8,9)(H,10,11). The Morgan fingerprint density at radius 1 is 0.647 bits per heavy atom. The van der Waals surface area contributed by atoms with Gasteiger partial charge in [-0.1, -0.05) is 35.4 Å². The second kappa shape index (κ2) is 10.1. The highest BCUT2D eigenvalue weighted by Gasteiger charge is 2.23. The molecule has 17 heavy (non-hydrogen) atoms. The molecule has 0 aliphatic carbocycles. The summed E-state index contributed by atoms with van der Waals surface area (Å²) in [4.78, 5) is 0. The monoisotopic (exact) mass is 510 g/mol. The summed E-state index contributed by atoms with van der Waals surface area (Å²) in [6, 6.07) is 0. The van der Waals surface area contributed by atoms with Crippen molar-refractivity contribution >= 4 is 148 Å². The summed E-state index contributed by atoms with van der Waals surface area (Å²) in [5.74, 6) is 0. The highest BCUT2D eigenvalue weighted by atomic mass is 33.9. The van der Waals surface area contributed by atoms with E-state index >= 15 is 0 Å². The minimum absolute atomic E-state index is 1.59. The van der Waals surface area contributed by atoms with Crippen LogP contribution in [-0.4, -0.2) is 12.5 Å². The molecule has 0 aromatic carbocycles. The Morgan fingerprint density at radius 2 is 0.882 bits per heavy atom. The molecule has 0 aliphatic heterocycles. The minimum Gasteiger partial charge on any atom is -0.121 e. The molecular weight excluding hydrogens is 502 g/mol. The Kier molecular flexibility index (Phi) is 13.1. The Bertz CT molecular complexity index is 342.